The Labute approximate surface area is 89.4 Å². The molecule has 0 amide bonds. The number of benzene rings is 1. The largest absolute Gasteiger partial charge is 0.480 e. The first-order chi connectivity index (χ1) is 7.13. The van der Waals surface area contributed by atoms with Crippen LogP contribution in [0.2, 0.25) is 0 Å². The van der Waals surface area contributed by atoms with Crippen molar-refractivity contribution in [2.24, 2.45) is 5.73 Å². The van der Waals surface area contributed by atoms with Crippen LogP contribution < -0.4 is 5.73 Å². The topological polar surface area (TPSA) is 83.6 Å². The van der Waals surface area contributed by atoms with Crippen LogP contribution in [0, 0.1) is 0 Å². The summed E-state index contributed by atoms with van der Waals surface area (Å²) in [5.41, 5.74) is 5.75. The van der Waals surface area contributed by atoms with Gasteiger partial charge >= 0.3 is 5.97 Å². The quantitative estimate of drug-likeness (QED) is 0.700. The number of hydrogen-bond acceptors (Lipinski definition) is 3. The first-order valence-electron chi connectivity index (χ1n) is 4.84. The summed E-state index contributed by atoms with van der Waals surface area (Å²) in [6.07, 6.45) is -1.15. The Morgan fingerprint density at radius 1 is 1.27 bits per heavy atom. The minimum atomic E-state index is -1.28. The maximum absolute atomic E-state index is 10.4. The molecule has 15 heavy (non-hydrogen) atoms. The third-order valence-electron chi connectivity index (χ3n) is 1.77. The van der Waals surface area contributed by atoms with Gasteiger partial charge < -0.3 is 15.9 Å². The highest BCUT2D eigenvalue weighted by atomic mass is 16.4. The number of rotatable bonds is 3. The predicted octanol–water partition coefficient (Wildman–Crippen LogP) is 1.16. The molecule has 0 saturated heterocycles. The fourth-order valence-corrected chi connectivity index (χ4v) is 0.993. The monoisotopic (exact) mass is 211 g/mol. The van der Waals surface area contributed by atoms with Gasteiger partial charge in [0, 0.05) is 0 Å². The van der Waals surface area contributed by atoms with E-state index >= 15 is 0 Å². The normalized spacial score (nSPS) is 13.3. The van der Waals surface area contributed by atoms with Gasteiger partial charge in [-0.15, -0.1) is 0 Å². The molecule has 0 radical (unpaired) electrons. The van der Waals surface area contributed by atoms with Crippen LogP contribution in [0.1, 0.15) is 25.5 Å². The van der Waals surface area contributed by atoms with E-state index in [9.17, 15) is 9.90 Å². The summed E-state index contributed by atoms with van der Waals surface area (Å²) in [4.78, 5) is 10.4. The highest BCUT2D eigenvalue weighted by molar-refractivity contribution is 5.74. The lowest BCUT2D eigenvalue weighted by molar-refractivity contribution is -0.141. The van der Waals surface area contributed by atoms with Crippen molar-refractivity contribution < 1.29 is 15.0 Å². The Kier molecular flexibility index (Phi) is 6.33. The second-order valence-electron chi connectivity index (χ2n) is 2.72. The summed E-state index contributed by atoms with van der Waals surface area (Å²) in [5.74, 6) is -1.21. The van der Waals surface area contributed by atoms with E-state index in [0.29, 0.717) is 5.56 Å². The molecule has 2 unspecified atom stereocenters. The van der Waals surface area contributed by atoms with Crippen LogP contribution in [0.25, 0.3) is 0 Å². The summed E-state index contributed by atoms with van der Waals surface area (Å²) in [7, 11) is 0. The number of carboxylic acid groups (broad SMARTS) is 1. The van der Waals surface area contributed by atoms with Gasteiger partial charge in [0.25, 0.3) is 0 Å². The minimum Gasteiger partial charge on any atom is -0.480 e. The smallest absolute Gasteiger partial charge is 0.323 e. The van der Waals surface area contributed by atoms with E-state index < -0.39 is 18.1 Å². The summed E-state index contributed by atoms with van der Waals surface area (Å²) in [5, 5.41) is 18.0. The van der Waals surface area contributed by atoms with Gasteiger partial charge in [0.2, 0.25) is 0 Å². The van der Waals surface area contributed by atoms with Crippen LogP contribution in [-0.2, 0) is 4.79 Å². The van der Waals surface area contributed by atoms with Crippen molar-refractivity contribution in [3.8, 4) is 0 Å². The zero-order valence-electron chi connectivity index (χ0n) is 8.92. The Hall–Kier alpha value is -1.39. The molecule has 1 aromatic rings. The maximum Gasteiger partial charge on any atom is 0.323 e. The van der Waals surface area contributed by atoms with Gasteiger partial charge in [-0.2, -0.15) is 0 Å². The summed E-state index contributed by atoms with van der Waals surface area (Å²) in [6.45, 7) is 4.00. The summed E-state index contributed by atoms with van der Waals surface area (Å²) in [6, 6.07) is 7.20. The molecule has 0 aliphatic heterocycles. The molecule has 0 bridgehead atoms. The van der Waals surface area contributed by atoms with Crippen LogP contribution >= 0.6 is 0 Å². The number of aliphatic hydroxyl groups is 1. The van der Waals surface area contributed by atoms with Gasteiger partial charge in [0.1, 0.15) is 12.1 Å². The lowest BCUT2D eigenvalue weighted by Crippen LogP contribution is -2.36. The lowest BCUT2D eigenvalue weighted by Gasteiger charge is -2.14. The van der Waals surface area contributed by atoms with E-state index in [4.69, 9.17) is 10.8 Å². The molecule has 0 spiro atoms. The van der Waals surface area contributed by atoms with Crippen molar-refractivity contribution >= 4 is 5.97 Å². The van der Waals surface area contributed by atoms with Crippen molar-refractivity contribution in [3.05, 3.63) is 35.9 Å². The summed E-state index contributed by atoms with van der Waals surface area (Å²) >= 11 is 0. The van der Waals surface area contributed by atoms with Crippen LogP contribution in [0.5, 0.6) is 0 Å². The van der Waals surface area contributed by atoms with Crippen molar-refractivity contribution in [3.63, 3.8) is 0 Å². The van der Waals surface area contributed by atoms with Gasteiger partial charge in [-0.05, 0) is 5.56 Å². The first kappa shape index (κ1) is 13.6. The lowest BCUT2D eigenvalue weighted by atomic mass is 10.0. The van der Waals surface area contributed by atoms with Crippen molar-refractivity contribution in [1.29, 1.82) is 0 Å². The van der Waals surface area contributed by atoms with E-state index in [1.807, 2.05) is 13.8 Å². The molecule has 4 heteroatoms. The SMILES string of the molecule is CC.NC(C(=O)O)C(O)c1ccccc1. The number of hydrogen-bond donors (Lipinski definition) is 3. The zero-order chi connectivity index (χ0) is 11.8. The molecule has 0 fully saturated rings. The Balaban J connectivity index is 0.000000921. The molecule has 0 aliphatic carbocycles. The third-order valence-corrected chi connectivity index (χ3v) is 1.77. The van der Waals surface area contributed by atoms with Crippen LogP contribution in [0.4, 0.5) is 0 Å². The van der Waals surface area contributed by atoms with E-state index in [0.717, 1.165) is 0 Å². The molecule has 4 N–H and O–H groups in total. The van der Waals surface area contributed by atoms with Crippen molar-refractivity contribution in [2.75, 3.05) is 0 Å². The van der Waals surface area contributed by atoms with Gasteiger partial charge in [0.05, 0.1) is 0 Å². The Morgan fingerprint density at radius 2 is 1.73 bits per heavy atom. The van der Waals surface area contributed by atoms with Gasteiger partial charge in [-0.25, -0.2) is 0 Å². The molecule has 1 rings (SSSR count). The minimum absolute atomic E-state index is 0.511. The molecule has 1 aromatic carbocycles. The highest BCUT2D eigenvalue weighted by Gasteiger charge is 2.22. The highest BCUT2D eigenvalue weighted by Crippen LogP contribution is 2.14. The molecule has 0 aliphatic rings. The molecular weight excluding hydrogens is 194 g/mol. The average Bonchev–Trinajstić information content (AvgIpc) is 2.31. The van der Waals surface area contributed by atoms with Crippen LogP contribution in [0.3, 0.4) is 0 Å². The van der Waals surface area contributed by atoms with Crippen molar-refractivity contribution in [1.82, 2.24) is 0 Å². The zero-order valence-corrected chi connectivity index (χ0v) is 8.92. The fraction of sp³-hybridized carbons (Fsp3) is 0.364. The van der Waals surface area contributed by atoms with E-state index in [-0.39, 0.29) is 0 Å². The molecule has 4 nitrogen and oxygen atoms in total. The third kappa shape index (κ3) is 4.10. The van der Waals surface area contributed by atoms with E-state index in [2.05, 4.69) is 0 Å². The second-order valence-corrected chi connectivity index (χ2v) is 2.72. The molecule has 2 atom stereocenters. The first-order valence-corrected chi connectivity index (χ1v) is 4.84. The Bertz CT molecular complexity index is 287. The van der Waals surface area contributed by atoms with Crippen LogP contribution in [-0.4, -0.2) is 22.2 Å². The number of carboxylic acids is 1. The maximum atomic E-state index is 10.4. The standard InChI is InChI=1S/C9H11NO3.C2H6/c10-7(9(12)13)8(11)6-4-2-1-3-5-6;1-2/h1-5,7-8,11H,10H2,(H,12,13);1-2H3. The van der Waals surface area contributed by atoms with Crippen LogP contribution in [0.15, 0.2) is 30.3 Å². The van der Waals surface area contributed by atoms with Gasteiger partial charge in [0.15, 0.2) is 0 Å². The van der Waals surface area contributed by atoms with E-state index in [1.54, 1.807) is 30.3 Å². The molecule has 0 heterocycles. The van der Waals surface area contributed by atoms with E-state index in [1.165, 1.54) is 0 Å². The number of carbonyl (C=O) groups is 1. The molecular formula is C11H17NO3. The summed E-state index contributed by atoms with van der Waals surface area (Å²) < 4.78 is 0. The number of aliphatic hydroxyl groups excluding tert-OH is 1. The molecule has 84 valence electrons. The van der Waals surface area contributed by atoms with Crippen molar-refractivity contribution in [2.45, 2.75) is 26.0 Å². The molecule has 0 aromatic heterocycles. The van der Waals surface area contributed by atoms with Gasteiger partial charge in [-0.3, -0.25) is 4.79 Å². The number of aliphatic carboxylic acids is 1. The predicted molar refractivity (Wildman–Crippen MR) is 58.4 cm³/mol. The Morgan fingerprint density at radius 3 is 2.13 bits per heavy atom. The molecule has 0 saturated carbocycles. The second kappa shape index (κ2) is 6.98. The average molecular weight is 211 g/mol. The number of nitrogens with two attached hydrogens (primary N) is 1. The fourth-order valence-electron chi connectivity index (χ4n) is 0.993. The van der Waals surface area contributed by atoms with Gasteiger partial charge in [-0.1, -0.05) is 44.2 Å².